The van der Waals surface area contributed by atoms with E-state index in [0.717, 1.165) is 0 Å². The summed E-state index contributed by atoms with van der Waals surface area (Å²) in [4.78, 5) is 65.6. The van der Waals surface area contributed by atoms with Crippen LogP contribution < -0.4 is 31.9 Å². The average Bonchev–Trinajstić information content (AvgIpc) is 4.05. The molecule has 0 radical (unpaired) electrons. The summed E-state index contributed by atoms with van der Waals surface area (Å²) in [7, 11) is -2.88. The van der Waals surface area contributed by atoms with Crippen LogP contribution in [0.15, 0.2) is 132 Å². The van der Waals surface area contributed by atoms with E-state index in [4.69, 9.17) is 0 Å². The Morgan fingerprint density at radius 1 is 0.412 bits per heavy atom. The van der Waals surface area contributed by atoms with Crippen molar-refractivity contribution in [3.8, 4) is 0 Å². The molecule has 0 fully saturated rings. The zero-order valence-electron chi connectivity index (χ0n) is 36.1. The molecule has 4 aromatic carbocycles. The fraction of sp³-hybridized carbons (Fsp3) is 0.0889. The second-order valence-corrected chi connectivity index (χ2v) is 18.3. The number of anilines is 6. The van der Waals surface area contributed by atoms with Crippen molar-refractivity contribution in [2.45, 2.75) is 9.79 Å². The van der Waals surface area contributed by atoms with Crippen LogP contribution in [0, 0.1) is 0 Å². The largest absolute Gasteiger partial charge is 0.744 e. The third kappa shape index (κ3) is 9.70. The standard InChI is InChI=1S/C45H40N10O11S2/c1-52-21-27(41(56)46-35-9-5-7-25-15-31(67(61,62)63)11-13-33(25)35)17-37(52)48-43(58)29-19-39(54(3)23-29)50-45(60)51-40-20-30(24-55(40)4)44(59)49-38-18-28(22-53(38)2)42(57)47-36-10-6-8-26-16-32(68(64,65)66)12-14-34(26)36/h5-24H,1-4H3,(H,46,56)(H,47,57)(H,48,58)(H,49,59)(H2,50,51,60)(H,61,62,63)(H,64,65,66)/p-2. The number of carbonyl (C=O) groups is 5. The molecule has 0 aliphatic carbocycles. The topological polar surface area (TPSA) is 292 Å². The van der Waals surface area contributed by atoms with Crippen LogP contribution in [-0.4, -0.2) is 73.9 Å². The molecule has 0 aliphatic rings. The van der Waals surface area contributed by atoms with E-state index in [1.54, 1.807) is 64.6 Å². The number of benzene rings is 4. The van der Waals surface area contributed by atoms with E-state index in [9.17, 15) is 49.9 Å². The SMILES string of the molecule is Cn1cc(C(=O)Nc2cc(C(=O)Nc3cccc4cc(S(=O)(=O)[O-])ccc34)cn2C)cc1NC(=O)Nc1cc(C(=O)Nc2cc(C(=O)Nc3cccc4cc(S(=O)(=O)[O-])ccc34)cn2C)cn1C. The van der Waals surface area contributed by atoms with Gasteiger partial charge in [0.1, 0.15) is 43.5 Å². The zero-order chi connectivity index (χ0) is 48.8. The normalized spacial score (nSPS) is 11.6. The van der Waals surface area contributed by atoms with Crippen LogP contribution in [-0.2, 0) is 48.4 Å². The van der Waals surface area contributed by atoms with Crippen LogP contribution in [0.25, 0.3) is 21.5 Å². The monoisotopic (exact) mass is 958 g/mol. The van der Waals surface area contributed by atoms with Gasteiger partial charge in [-0.25, -0.2) is 21.6 Å². The number of urea groups is 1. The van der Waals surface area contributed by atoms with Crippen LogP contribution in [0.3, 0.4) is 0 Å². The summed E-state index contributed by atoms with van der Waals surface area (Å²) in [6, 6.07) is 22.4. The Morgan fingerprint density at radius 3 is 1.04 bits per heavy atom. The maximum atomic E-state index is 13.4. The Kier molecular flexibility index (Phi) is 12.0. The number of nitrogens with one attached hydrogen (secondary N) is 6. The highest BCUT2D eigenvalue weighted by Gasteiger charge is 2.20. The molecule has 0 aliphatic heterocycles. The van der Waals surface area contributed by atoms with Gasteiger partial charge in [-0.3, -0.25) is 29.8 Å². The van der Waals surface area contributed by atoms with E-state index < -0.39 is 59.7 Å². The number of carbonyl (C=O) groups excluding carboxylic acids is 5. The van der Waals surface area contributed by atoms with Crippen molar-refractivity contribution in [1.29, 1.82) is 0 Å². The van der Waals surface area contributed by atoms with Gasteiger partial charge in [0, 0.05) is 75.1 Å². The second kappa shape index (κ2) is 17.7. The van der Waals surface area contributed by atoms with E-state index >= 15 is 0 Å². The van der Waals surface area contributed by atoms with Gasteiger partial charge in [-0.15, -0.1) is 0 Å². The Labute approximate surface area is 386 Å². The lowest BCUT2D eigenvalue weighted by Crippen LogP contribution is -2.22. The first-order valence-electron chi connectivity index (χ1n) is 20.1. The molecule has 4 heterocycles. The van der Waals surface area contributed by atoms with E-state index in [1.165, 1.54) is 104 Å². The van der Waals surface area contributed by atoms with Gasteiger partial charge in [0.15, 0.2) is 0 Å². The molecule has 21 nitrogen and oxygen atoms in total. The van der Waals surface area contributed by atoms with Crippen molar-refractivity contribution in [3.63, 3.8) is 0 Å². The molecule has 4 aromatic heterocycles. The lowest BCUT2D eigenvalue weighted by molar-refractivity contribution is 0.101. The molecule has 6 amide bonds. The third-order valence-corrected chi connectivity index (χ3v) is 12.5. The Balaban J connectivity index is 0.864. The molecule has 0 saturated carbocycles. The molecule has 6 N–H and O–H groups in total. The number of nitrogens with zero attached hydrogens (tertiary/aromatic N) is 4. The third-order valence-electron chi connectivity index (χ3n) is 10.8. The molecule has 68 heavy (non-hydrogen) atoms. The van der Waals surface area contributed by atoms with E-state index in [1.807, 2.05) is 0 Å². The van der Waals surface area contributed by atoms with Crippen molar-refractivity contribution in [2.24, 2.45) is 28.2 Å². The molecule has 8 rings (SSSR count). The molecule has 0 spiro atoms. The lowest BCUT2D eigenvalue weighted by Gasteiger charge is -2.11. The average molecular weight is 959 g/mol. The molecule has 348 valence electrons. The van der Waals surface area contributed by atoms with Gasteiger partial charge in [-0.2, -0.15) is 0 Å². The molecule has 0 unspecified atom stereocenters. The summed E-state index contributed by atoms with van der Waals surface area (Å²) in [5, 5.41) is 18.3. The van der Waals surface area contributed by atoms with Crippen molar-refractivity contribution < 1.29 is 49.9 Å². The first kappa shape index (κ1) is 46.0. The second-order valence-electron chi connectivity index (χ2n) is 15.6. The quantitative estimate of drug-likeness (QED) is 0.0795. The van der Waals surface area contributed by atoms with Crippen molar-refractivity contribution in [1.82, 2.24) is 18.3 Å². The Hall–Kier alpha value is -8.51. The minimum Gasteiger partial charge on any atom is -0.744 e. The highest BCUT2D eigenvalue weighted by molar-refractivity contribution is 7.86. The number of aromatic nitrogens is 4. The maximum absolute atomic E-state index is 13.4. The van der Waals surface area contributed by atoms with Gasteiger partial charge >= 0.3 is 6.03 Å². The van der Waals surface area contributed by atoms with Gasteiger partial charge in [0.2, 0.25) is 0 Å². The van der Waals surface area contributed by atoms with E-state index in [0.29, 0.717) is 32.9 Å². The zero-order valence-corrected chi connectivity index (χ0v) is 37.8. The van der Waals surface area contributed by atoms with E-state index in [-0.39, 0.29) is 45.5 Å². The molecule has 23 heteroatoms. The van der Waals surface area contributed by atoms with Crippen molar-refractivity contribution in [3.05, 3.63) is 144 Å². The number of fused-ring (bicyclic) bond motifs is 2. The summed E-state index contributed by atoms with van der Waals surface area (Å²) in [5.74, 6) is -1.10. The molecular weight excluding hydrogens is 921 g/mol. The molecule has 0 atom stereocenters. The number of hydrogen-bond donors (Lipinski definition) is 6. The van der Waals surface area contributed by atoms with Crippen LogP contribution in [0.1, 0.15) is 41.4 Å². The van der Waals surface area contributed by atoms with Crippen LogP contribution in [0.5, 0.6) is 0 Å². The number of rotatable bonds is 12. The van der Waals surface area contributed by atoms with Gasteiger partial charge in [-0.1, -0.05) is 36.4 Å². The summed E-state index contributed by atoms with van der Waals surface area (Å²) in [6.45, 7) is 0. The fourth-order valence-electron chi connectivity index (χ4n) is 7.33. The van der Waals surface area contributed by atoms with Gasteiger partial charge in [0.05, 0.1) is 32.0 Å². The first-order valence-corrected chi connectivity index (χ1v) is 22.9. The predicted octanol–water partition coefficient (Wildman–Crippen LogP) is 5.81. The van der Waals surface area contributed by atoms with Crippen LogP contribution >= 0.6 is 0 Å². The summed E-state index contributed by atoms with van der Waals surface area (Å²) >= 11 is 0. The lowest BCUT2D eigenvalue weighted by atomic mass is 10.1. The number of aryl methyl sites for hydroxylation is 4. The molecule has 0 bridgehead atoms. The van der Waals surface area contributed by atoms with E-state index in [2.05, 4.69) is 31.9 Å². The first-order chi connectivity index (χ1) is 32.1. The molecule has 8 aromatic rings. The fourth-order valence-corrected chi connectivity index (χ4v) is 8.35. The summed E-state index contributed by atoms with van der Waals surface area (Å²) in [5.41, 5.74) is 1.48. The van der Waals surface area contributed by atoms with Gasteiger partial charge in [0.25, 0.3) is 23.6 Å². The van der Waals surface area contributed by atoms with Gasteiger partial charge in [-0.05, 0) is 71.4 Å². The minimum absolute atomic E-state index is 0.174. The van der Waals surface area contributed by atoms with Crippen LogP contribution in [0.4, 0.5) is 39.4 Å². The molecule has 0 saturated heterocycles. The minimum atomic E-state index is -4.68. The predicted molar refractivity (Wildman–Crippen MR) is 250 cm³/mol. The van der Waals surface area contributed by atoms with Crippen LogP contribution in [0.2, 0.25) is 0 Å². The number of amides is 6. The highest BCUT2D eigenvalue weighted by Crippen LogP contribution is 2.29. The molecular formula is C45H38N10O11S2-2. The summed E-state index contributed by atoms with van der Waals surface area (Å²) < 4.78 is 75.0. The van der Waals surface area contributed by atoms with Crippen molar-refractivity contribution >= 4 is 106 Å². The van der Waals surface area contributed by atoms with Gasteiger partial charge < -0.3 is 48.6 Å². The number of hydrogen-bond acceptors (Lipinski definition) is 11. The Morgan fingerprint density at radius 2 is 0.721 bits per heavy atom. The maximum Gasteiger partial charge on any atom is 0.325 e. The summed E-state index contributed by atoms with van der Waals surface area (Å²) in [6.07, 6.45) is 5.98. The van der Waals surface area contributed by atoms with Crippen molar-refractivity contribution in [2.75, 3.05) is 31.9 Å². The smallest absolute Gasteiger partial charge is 0.325 e. The highest BCUT2D eigenvalue weighted by atomic mass is 32.2. The Bertz CT molecular complexity index is 3410.